The second-order valence-electron chi connectivity index (χ2n) is 6.57. The number of carbonyl (C=O) groups excluding carboxylic acids is 1. The van der Waals surface area contributed by atoms with Crippen LogP contribution in [0.5, 0.6) is 5.75 Å². The molecule has 0 saturated heterocycles. The van der Waals surface area contributed by atoms with Crippen LogP contribution < -0.4 is 20.8 Å². The fourth-order valence-corrected chi connectivity index (χ4v) is 3.28. The zero-order valence-corrected chi connectivity index (χ0v) is 16.7. The Morgan fingerprint density at radius 2 is 1.86 bits per heavy atom. The molecule has 3 rings (SSSR count). The number of carbonyl (C=O) groups is 1. The number of primary sulfonamides is 1. The van der Waals surface area contributed by atoms with Crippen molar-refractivity contribution < 1.29 is 22.4 Å². The van der Waals surface area contributed by atoms with Crippen LogP contribution >= 0.6 is 0 Å². The average Bonchev–Trinajstić information content (AvgIpc) is 2.65. The van der Waals surface area contributed by atoms with Gasteiger partial charge in [0.25, 0.3) is 5.91 Å². The second kappa shape index (κ2) is 8.06. The molecule has 9 heteroatoms. The summed E-state index contributed by atoms with van der Waals surface area (Å²) in [7, 11) is -3.75. The molecule has 0 aliphatic carbocycles. The van der Waals surface area contributed by atoms with Crippen LogP contribution in [0, 0.1) is 6.92 Å². The van der Waals surface area contributed by atoms with Crippen LogP contribution in [0.2, 0.25) is 0 Å². The zero-order chi connectivity index (χ0) is 21.2. The fourth-order valence-electron chi connectivity index (χ4n) is 2.77. The number of rotatable bonds is 6. The number of nitrogens with two attached hydrogens (primary N) is 1. The van der Waals surface area contributed by atoms with Crippen molar-refractivity contribution in [2.24, 2.45) is 5.14 Å². The third kappa shape index (κ3) is 5.01. The number of amides is 1. The number of hydrogen-bond donors (Lipinski definition) is 2. The highest BCUT2D eigenvalue weighted by Gasteiger charge is 2.15. The van der Waals surface area contributed by atoms with Crippen LogP contribution in [0.25, 0.3) is 11.0 Å². The van der Waals surface area contributed by atoms with Gasteiger partial charge in [-0.05, 0) is 49.2 Å². The van der Waals surface area contributed by atoms with Crippen molar-refractivity contribution in [2.75, 3.05) is 0 Å². The van der Waals surface area contributed by atoms with Gasteiger partial charge in [0, 0.05) is 24.1 Å². The van der Waals surface area contributed by atoms with E-state index in [1.807, 2.05) is 6.92 Å². The van der Waals surface area contributed by atoms with Crippen LogP contribution in [0.4, 0.5) is 0 Å². The standard InChI is InChI=1S/C20H20N2O6S/c1-12-9-19(23)28-18-10-15(5-8-17(12)18)27-13(2)20(24)22-11-14-3-6-16(7-4-14)29(21,25)26/h3-10,13H,11H2,1-2H3,(H,22,24)(H2,21,25,26)/t13-/m0/s1. The Morgan fingerprint density at radius 3 is 2.52 bits per heavy atom. The first kappa shape index (κ1) is 20.6. The van der Waals surface area contributed by atoms with E-state index < -0.39 is 21.8 Å². The normalized spacial score (nSPS) is 12.5. The number of nitrogens with one attached hydrogen (secondary N) is 1. The highest BCUT2D eigenvalue weighted by molar-refractivity contribution is 7.89. The first-order valence-corrected chi connectivity index (χ1v) is 10.3. The van der Waals surface area contributed by atoms with Gasteiger partial charge in [0.05, 0.1) is 4.90 Å². The predicted octanol–water partition coefficient (Wildman–Crippen LogP) is 1.83. The Balaban J connectivity index is 1.63. The van der Waals surface area contributed by atoms with E-state index in [-0.39, 0.29) is 17.3 Å². The van der Waals surface area contributed by atoms with E-state index in [0.717, 1.165) is 10.9 Å². The first-order chi connectivity index (χ1) is 13.6. The summed E-state index contributed by atoms with van der Waals surface area (Å²) in [6.07, 6.45) is -0.798. The van der Waals surface area contributed by atoms with Crippen LogP contribution in [0.1, 0.15) is 18.1 Å². The van der Waals surface area contributed by atoms with Gasteiger partial charge in [-0.2, -0.15) is 0 Å². The molecule has 0 aliphatic rings. The van der Waals surface area contributed by atoms with Gasteiger partial charge in [0.15, 0.2) is 6.10 Å². The number of benzene rings is 2. The van der Waals surface area contributed by atoms with Crippen LogP contribution in [-0.2, 0) is 21.4 Å². The summed E-state index contributed by atoms with van der Waals surface area (Å²) in [5.74, 6) is 0.0396. The topological polar surface area (TPSA) is 129 Å². The maximum atomic E-state index is 12.3. The summed E-state index contributed by atoms with van der Waals surface area (Å²) in [4.78, 5) is 23.8. The predicted molar refractivity (Wildman–Crippen MR) is 107 cm³/mol. The molecule has 1 aromatic heterocycles. The molecule has 0 fully saturated rings. The highest BCUT2D eigenvalue weighted by atomic mass is 32.2. The molecule has 0 spiro atoms. The minimum atomic E-state index is -3.75. The summed E-state index contributed by atoms with van der Waals surface area (Å²) in [5.41, 5.74) is 1.43. The lowest BCUT2D eigenvalue weighted by Crippen LogP contribution is -2.35. The molecule has 0 aliphatic heterocycles. The van der Waals surface area contributed by atoms with E-state index in [1.54, 1.807) is 37.3 Å². The Kier molecular flexibility index (Phi) is 5.71. The van der Waals surface area contributed by atoms with Crippen molar-refractivity contribution >= 4 is 26.9 Å². The molecule has 2 aromatic carbocycles. The molecule has 0 radical (unpaired) electrons. The fraction of sp³-hybridized carbons (Fsp3) is 0.200. The van der Waals surface area contributed by atoms with Gasteiger partial charge in [-0.25, -0.2) is 18.4 Å². The third-order valence-corrected chi connectivity index (χ3v) is 5.25. The van der Waals surface area contributed by atoms with Gasteiger partial charge in [-0.15, -0.1) is 0 Å². The van der Waals surface area contributed by atoms with E-state index in [2.05, 4.69) is 5.32 Å². The minimum absolute atomic E-state index is 0.00229. The number of aryl methyl sites for hydroxylation is 1. The average molecular weight is 416 g/mol. The molecule has 8 nitrogen and oxygen atoms in total. The van der Waals surface area contributed by atoms with Crippen molar-refractivity contribution in [2.45, 2.75) is 31.4 Å². The van der Waals surface area contributed by atoms with E-state index >= 15 is 0 Å². The number of ether oxygens (including phenoxy) is 1. The highest BCUT2D eigenvalue weighted by Crippen LogP contribution is 2.23. The quantitative estimate of drug-likeness (QED) is 0.590. The SMILES string of the molecule is Cc1cc(=O)oc2cc(O[C@@H](C)C(=O)NCc3ccc(S(N)(=O)=O)cc3)ccc12. The van der Waals surface area contributed by atoms with E-state index in [9.17, 15) is 18.0 Å². The largest absolute Gasteiger partial charge is 0.481 e. The summed E-state index contributed by atoms with van der Waals surface area (Å²) < 4.78 is 33.3. The van der Waals surface area contributed by atoms with Crippen LogP contribution in [-0.4, -0.2) is 20.4 Å². The molecule has 1 atom stereocenters. The maximum absolute atomic E-state index is 12.3. The number of fused-ring (bicyclic) bond motifs is 1. The van der Waals surface area contributed by atoms with Gasteiger partial charge in [0.1, 0.15) is 11.3 Å². The number of hydrogen-bond acceptors (Lipinski definition) is 6. The lowest BCUT2D eigenvalue weighted by molar-refractivity contribution is -0.127. The molecule has 3 N–H and O–H groups in total. The van der Waals surface area contributed by atoms with E-state index in [4.69, 9.17) is 14.3 Å². The van der Waals surface area contributed by atoms with Crippen molar-refractivity contribution in [1.82, 2.24) is 5.32 Å². The molecule has 0 unspecified atom stereocenters. The second-order valence-corrected chi connectivity index (χ2v) is 8.13. The summed E-state index contributed by atoms with van der Waals surface area (Å²) >= 11 is 0. The van der Waals surface area contributed by atoms with Gasteiger partial charge < -0.3 is 14.5 Å². The lowest BCUT2D eigenvalue weighted by atomic mass is 10.1. The molecule has 29 heavy (non-hydrogen) atoms. The Morgan fingerprint density at radius 1 is 1.17 bits per heavy atom. The molecular formula is C20H20N2O6S. The molecule has 0 bridgehead atoms. The van der Waals surface area contributed by atoms with Gasteiger partial charge >= 0.3 is 5.63 Å². The van der Waals surface area contributed by atoms with Crippen molar-refractivity contribution in [3.63, 3.8) is 0 Å². The molecule has 1 amide bonds. The lowest BCUT2D eigenvalue weighted by Gasteiger charge is -2.15. The minimum Gasteiger partial charge on any atom is -0.481 e. The summed E-state index contributed by atoms with van der Waals surface area (Å²) in [6.45, 7) is 3.60. The van der Waals surface area contributed by atoms with Gasteiger partial charge in [-0.1, -0.05) is 12.1 Å². The van der Waals surface area contributed by atoms with E-state index in [0.29, 0.717) is 16.9 Å². The smallest absolute Gasteiger partial charge is 0.336 e. The molecular weight excluding hydrogens is 396 g/mol. The van der Waals surface area contributed by atoms with Crippen LogP contribution in [0.3, 0.4) is 0 Å². The Labute approximate surface area is 167 Å². The van der Waals surface area contributed by atoms with Crippen molar-refractivity contribution in [3.8, 4) is 5.75 Å². The molecule has 3 aromatic rings. The molecule has 152 valence electrons. The molecule has 0 saturated carbocycles. The Hall–Kier alpha value is -3.17. The first-order valence-electron chi connectivity index (χ1n) is 8.74. The monoisotopic (exact) mass is 416 g/mol. The van der Waals surface area contributed by atoms with Crippen molar-refractivity contribution in [1.29, 1.82) is 0 Å². The maximum Gasteiger partial charge on any atom is 0.336 e. The molecule has 1 heterocycles. The third-order valence-electron chi connectivity index (χ3n) is 4.32. The summed E-state index contributed by atoms with van der Waals surface area (Å²) in [6, 6.07) is 12.3. The zero-order valence-electron chi connectivity index (χ0n) is 15.8. The summed E-state index contributed by atoms with van der Waals surface area (Å²) in [5, 5.41) is 8.56. The van der Waals surface area contributed by atoms with Gasteiger partial charge in [-0.3, -0.25) is 4.79 Å². The van der Waals surface area contributed by atoms with Crippen molar-refractivity contribution in [3.05, 3.63) is 70.1 Å². The Bertz CT molecular complexity index is 1220. The van der Waals surface area contributed by atoms with Gasteiger partial charge in [0.2, 0.25) is 10.0 Å². The number of sulfonamides is 1. The van der Waals surface area contributed by atoms with Crippen LogP contribution in [0.15, 0.2) is 62.6 Å². The van der Waals surface area contributed by atoms with E-state index in [1.165, 1.54) is 18.2 Å².